The lowest BCUT2D eigenvalue weighted by Gasteiger charge is -2.30. The molecule has 0 heterocycles. The van der Waals surface area contributed by atoms with Crippen LogP contribution in [-0.4, -0.2) is 23.6 Å². The summed E-state index contributed by atoms with van der Waals surface area (Å²) in [6.45, 7) is 5.52. The van der Waals surface area contributed by atoms with Crippen molar-refractivity contribution in [1.82, 2.24) is 0 Å². The smallest absolute Gasteiger partial charge is 0.341 e. The summed E-state index contributed by atoms with van der Waals surface area (Å²) in [5, 5.41) is 11.6. The first kappa shape index (κ1) is 17.3. The molecule has 0 spiro atoms. The Labute approximate surface area is 137 Å². The van der Waals surface area contributed by atoms with E-state index in [0.717, 1.165) is 24.1 Å². The van der Waals surface area contributed by atoms with Crippen LogP contribution in [0.5, 0.6) is 5.75 Å². The molecule has 0 radical (unpaired) electrons. The Kier molecular flexibility index (Phi) is 5.29. The summed E-state index contributed by atoms with van der Waals surface area (Å²) in [6.07, 6.45) is 4.63. The van der Waals surface area contributed by atoms with E-state index in [-0.39, 0.29) is 17.9 Å². The second-order valence-corrected chi connectivity index (χ2v) is 6.82. The van der Waals surface area contributed by atoms with Crippen molar-refractivity contribution >= 4 is 17.6 Å². The highest BCUT2D eigenvalue weighted by Gasteiger charge is 2.38. The Bertz CT molecular complexity index is 589. The van der Waals surface area contributed by atoms with Crippen molar-refractivity contribution in [3.05, 3.63) is 23.8 Å². The maximum atomic E-state index is 12.7. The van der Waals surface area contributed by atoms with E-state index in [1.54, 1.807) is 18.2 Å². The van der Waals surface area contributed by atoms with Gasteiger partial charge in [-0.2, -0.15) is 0 Å². The summed E-state index contributed by atoms with van der Waals surface area (Å²) in [4.78, 5) is 23.2. The Morgan fingerprint density at radius 1 is 1.30 bits per heavy atom. The number of carbonyl (C=O) groups is 2. The summed E-state index contributed by atoms with van der Waals surface area (Å²) < 4.78 is 5.14. The lowest BCUT2D eigenvalue weighted by atomic mass is 9.77. The molecule has 2 rings (SSSR count). The summed E-state index contributed by atoms with van der Waals surface area (Å²) in [5.74, 6) is -0.0658. The van der Waals surface area contributed by atoms with Gasteiger partial charge >= 0.3 is 5.97 Å². The number of benzene rings is 1. The number of anilines is 1. The molecule has 1 saturated carbocycles. The molecular weight excluding hydrogens is 294 g/mol. The van der Waals surface area contributed by atoms with Crippen LogP contribution in [0, 0.1) is 18.3 Å². The molecule has 0 saturated heterocycles. The monoisotopic (exact) mass is 319 g/mol. The second-order valence-electron chi connectivity index (χ2n) is 6.82. The van der Waals surface area contributed by atoms with Crippen LogP contribution in [0.25, 0.3) is 0 Å². The van der Waals surface area contributed by atoms with Crippen LogP contribution in [0.3, 0.4) is 0 Å². The fourth-order valence-corrected chi connectivity index (χ4v) is 3.13. The van der Waals surface area contributed by atoms with E-state index >= 15 is 0 Å². The topological polar surface area (TPSA) is 75.6 Å². The number of ether oxygens (including phenoxy) is 1. The third-order valence-corrected chi connectivity index (χ3v) is 4.77. The quantitative estimate of drug-likeness (QED) is 0.840. The van der Waals surface area contributed by atoms with Crippen LogP contribution in [0.4, 0.5) is 5.69 Å². The number of hydrogen-bond acceptors (Lipinski definition) is 3. The van der Waals surface area contributed by atoms with Crippen LogP contribution in [0.1, 0.15) is 45.1 Å². The predicted octanol–water partition coefficient (Wildman–Crippen LogP) is 3.61. The highest BCUT2D eigenvalue weighted by molar-refractivity contribution is 5.95. The average Bonchev–Trinajstić information content (AvgIpc) is 3.02. The van der Waals surface area contributed by atoms with Crippen molar-refractivity contribution in [3.8, 4) is 5.75 Å². The van der Waals surface area contributed by atoms with Crippen molar-refractivity contribution in [2.75, 3.05) is 11.9 Å². The molecule has 5 nitrogen and oxygen atoms in total. The lowest BCUT2D eigenvalue weighted by molar-refractivity contribution is -0.139. The summed E-state index contributed by atoms with van der Waals surface area (Å²) in [6, 6.07) is 5.17. The van der Waals surface area contributed by atoms with Gasteiger partial charge in [-0.1, -0.05) is 26.7 Å². The molecule has 1 aliphatic carbocycles. The zero-order valence-corrected chi connectivity index (χ0v) is 14.0. The molecule has 0 bridgehead atoms. The number of amides is 1. The largest absolute Gasteiger partial charge is 0.482 e. The molecule has 2 N–H and O–H groups in total. The van der Waals surface area contributed by atoms with E-state index in [0.29, 0.717) is 11.7 Å². The molecule has 1 amide bonds. The number of carbonyl (C=O) groups excluding carboxylic acids is 1. The van der Waals surface area contributed by atoms with Crippen LogP contribution in [0.15, 0.2) is 18.2 Å². The SMILES string of the molecule is Cc1cc(OCC(=O)O)ccc1NC(=O)C(C)(C)C1CCCC1. The van der Waals surface area contributed by atoms with Gasteiger partial charge in [-0.05, 0) is 49.4 Å². The summed E-state index contributed by atoms with van der Waals surface area (Å²) in [7, 11) is 0. The van der Waals surface area contributed by atoms with Gasteiger partial charge in [0.1, 0.15) is 5.75 Å². The third-order valence-electron chi connectivity index (χ3n) is 4.77. The van der Waals surface area contributed by atoms with Gasteiger partial charge in [0.2, 0.25) is 5.91 Å². The average molecular weight is 319 g/mol. The fraction of sp³-hybridized carbons (Fsp3) is 0.556. The van der Waals surface area contributed by atoms with Gasteiger partial charge in [-0.15, -0.1) is 0 Å². The molecule has 0 atom stereocenters. The number of aryl methyl sites for hydroxylation is 1. The van der Waals surface area contributed by atoms with Crippen LogP contribution in [-0.2, 0) is 9.59 Å². The van der Waals surface area contributed by atoms with Crippen LogP contribution in [0.2, 0.25) is 0 Å². The molecule has 0 unspecified atom stereocenters. The Morgan fingerprint density at radius 2 is 1.96 bits per heavy atom. The zero-order valence-electron chi connectivity index (χ0n) is 14.0. The van der Waals surface area contributed by atoms with Crippen molar-refractivity contribution in [1.29, 1.82) is 0 Å². The molecule has 5 heteroatoms. The minimum absolute atomic E-state index is 0.0340. The van der Waals surface area contributed by atoms with Gasteiger partial charge in [0.05, 0.1) is 0 Å². The van der Waals surface area contributed by atoms with Crippen molar-refractivity contribution < 1.29 is 19.4 Å². The van der Waals surface area contributed by atoms with Crippen molar-refractivity contribution in [2.24, 2.45) is 11.3 Å². The molecule has 1 aliphatic rings. The lowest BCUT2D eigenvalue weighted by Crippen LogP contribution is -2.36. The number of nitrogens with one attached hydrogen (secondary N) is 1. The fourth-order valence-electron chi connectivity index (χ4n) is 3.13. The first-order chi connectivity index (χ1) is 10.8. The van der Waals surface area contributed by atoms with E-state index in [2.05, 4.69) is 5.32 Å². The molecule has 1 aromatic rings. The first-order valence-corrected chi connectivity index (χ1v) is 8.07. The Morgan fingerprint density at radius 3 is 2.52 bits per heavy atom. The molecule has 1 fully saturated rings. The third kappa shape index (κ3) is 4.24. The van der Waals surface area contributed by atoms with E-state index in [9.17, 15) is 9.59 Å². The maximum Gasteiger partial charge on any atom is 0.341 e. The Hall–Kier alpha value is -2.04. The molecule has 23 heavy (non-hydrogen) atoms. The number of aliphatic carboxylic acids is 1. The molecule has 126 valence electrons. The molecule has 0 aromatic heterocycles. The minimum atomic E-state index is -1.02. The predicted molar refractivity (Wildman–Crippen MR) is 88.7 cm³/mol. The van der Waals surface area contributed by atoms with E-state index in [1.165, 1.54) is 12.8 Å². The normalized spacial score (nSPS) is 15.4. The second kappa shape index (κ2) is 7.02. The number of hydrogen-bond donors (Lipinski definition) is 2. The maximum absolute atomic E-state index is 12.7. The van der Waals surface area contributed by atoms with Gasteiger partial charge < -0.3 is 15.2 Å². The summed E-state index contributed by atoms with van der Waals surface area (Å²) in [5.41, 5.74) is 1.20. The van der Waals surface area contributed by atoms with Crippen LogP contribution < -0.4 is 10.1 Å². The number of rotatable bonds is 6. The highest BCUT2D eigenvalue weighted by Crippen LogP contribution is 2.40. The van der Waals surface area contributed by atoms with E-state index < -0.39 is 5.97 Å². The number of carboxylic acids is 1. The van der Waals surface area contributed by atoms with Crippen molar-refractivity contribution in [2.45, 2.75) is 46.5 Å². The Balaban J connectivity index is 2.04. The summed E-state index contributed by atoms with van der Waals surface area (Å²) >= 11 is 0. The van der Waals surface area contributed by atoms with Gasteiger partial charge in [-0.25, -0.2) is 4.79 Å². The van der Waals surface area contributed by atoms with Crippen molar-refractivity contribution in [3.63, 3.8) is 0 Å². The molecule has 1 aromatic carbocycles. The van der Waals surface area contributed by atoms with Gasteiger partial charge in [0.15, 0.2) is 6.61 Å². The minimum Gasteiger partial charge on any atom is -0.482 e. The number of carboxylic acid groups (broad SMARTS) is 1. The zero-order chi connectivity index (χ0) is 17.0. The van der Waals surface area contributed by atoms with Gasteiger partial charge in [-0.3, -0.25) is 4.79 Å². The molecule has 0 aliphatic heterocycles. The standard InChI is InChI=1S/C18H25NO4/c1-12-10-14(23-11-16(20)21)8-9-15(12)19-17(22)18(2,3)13-6-4-5-7-13/h8-10,13H,4-7,11H2,1-3H3,(H,19,22)(H,20,21). The highest BCUT2D eigenvalue weighted by atomic mass is 16.5. The van der Waals surface area contributed by atoms with E-state index in [1.807, 2.05) is 20.8 Å². The van der Waals surface area contributed by atoms with Gasteiger partial charge in [0, 0.05) is 11.1 Å². The van der Waals surface area contributed by atoms with Gasteiger partial charge in [0.25, 0.3) is 0 Å². The van der Waals surface area contributed by atoms with Crippen LogP contribution >= 0.6 is 0 Å². The molecular formula is C18H25NO4. The first-order valence-electron chi connectivity index (χ1n) is 8.07. The van der Waals surface area contributed by atoms with E-state index in [4.69, 9.17) is 9.84 Å².